The molecule has 48 heavy (non-hydrogen) atoms. The van der Waals surface area contributed by atoms with Gasteiger partial charge in [-0.1, -0.05) is 12.1 Å². The van der Waals surface area contributed by atoms with Crippen molar-refractivity contribution in [3.8, 4) is 0 Å². The average molecular weight is 672 g/mol. The molecule has 1 aliphatic rings. The van der Waals surface area contributed by atoms with E-state index in [-0.39, 0.29) is 35.4 Å². The van der Waals surface area contributed by atoms with Crippen molar-refractivity contribution >= 4 is 40.9 Å². The molecular weight excluding hydrogens is 638 g/mol. The fraction of sp³-hybridized carbons (Fsp3) is 0.265. The van der Waals surface area contributed by atoms with Crippen LogP contribution in [0.2, 0.25) is 0 Å². The van der Waals surface area contributed by atoms with E-state index in [1.54, 1.807) is 0 Å². The number of hydrogen-bond acceptors (Lipinski definition) is 6. The molecule has 0 aliphatic carbocycles. The molecule has 1 fully saturated rings. The van der Waals surface area contributed by atoms with Gasteiger partial charge in [-0.15, -0.1) is 0 Å². The van der Waals surface area contributed by atoms with Gasteiger partial charge in [-0.25, -0.2) is 14.0 Å². The third-order valence-corrected chi connectivity index (χ3v) is 7.29. The predicted octanol–water partition coefficient (Wildman–Crippen LogP) is 5.76. The molecule has 10 nitrogen and oxygen atoms in total. The fourth-order valence-electron chi connectivity index (χ4n) is 4.99. The number of anilines is 2. The lowest BCUT2D eigenvalue weighted by Crippen LogP contribution is -2.43. The van der Waals surface area contributed by atoms with Crippen molar-refractivity contribution in [2.45, 2.75) is 25.9 Å². The largest absolute Gasteiger partial charge is 0.478 e. The molecule has 1 heterocycles. The molecule has 3 aromatic rings. The minimum absolute atomic E-state index is 0.00402. The van der Waals surface area contributed by atoms with Crippen LogP contribution in [0, 0.1) is 11.7 Å². The maximum atomic E-state index is 13.9. The molecule has 1 aliphatic heterocycles. The lowest BCUT2D eigenvalue weighted by atomic mass is 9.89. The van der Waals surface area contributed by atoms with E-state index in [9.17, 15) is 41.5 Å². The van der Waals surface area contributed by atoms with E-state index in [1.807, 2.05) is 4.90 Å². The van der Waals surface area contributed by atoms with Gasteiger partial charge < -0.3 is 25.3 Å². The SMILES string of the molecule is CC(=O)Nc1ccc(C(=O)N(CCN2CCC(C(=O)c3ccc(F)cc3)CC2)c2ccccc2C(F)(F)F)cc1.O=C(O)/C=C/C(=O)O. The second kappa shape index (κ2) is 17.0. The minimum Gasteiger partial charge on any atom is -0.478 e. The predicted molar refractivity (Wildman–Crippen MR) is 168 cm³/mol. The average Bonchev–Trinajstić information content (AvgIpc) is 3.04. The fourth-order valence-corrected chi connectivity index (χ4v) is 4.99. The van der Waals surface area contributed by atoms with E-state index in [0.29, 0.717) is 55.9 Å². The molecule has 2 amide bonds. The number of alkyl halides is 3. The number of carboxylic acids is 2. The Kier molecular flexibility index (Phi) is 13.1. The number of para-hydroxylation sites is 1. The first-order valence-electron chi connectivity index (χ1n) is 14.7. The molecule has 14 heteroatoms. The monoisotopic (exact) mass is 671 g/mol. The number of ketones is 1. The summed E-state index contributed by atoms with van der Waals surface area (Å²) < 4.78 is 54.9. The molecule has 0 unspecified atom stereocenters. The van der Waals surface area contributed by atoms with Crippen LogP contribution < -0.4 is 10.2 Å². The molecule has 0 saturated carbocycles. The van der Waals surface area contributed by atoms with Gasteiger partial charge in [0.2, 0.25) is 5.91 Å². The van der Waals surface area contributed by atoms with Crippen molar-refractivity contribution in [3.63, 3.8) is 0 Å². The van der Waals surface area contributed by atoms with Crippen molar-refractivity contribution in [1.82, 2.24) is 4.90 Å². The molecule has 1 saturated heterocycles. The second-order valence-electron chi connectivity index (χ2n) is 10.7. The van der Waals surface area contributed by atoms with Crippen LogP contribution in [0.5, 0.6) is 0 Å². The zero-order valence-electron chi connectivity index (χ0n) is 25.7. The Morgan fingerprint density at radius 2 is 1.40 bits per heavy atom. The highest BCUT2D eigenvalue weighted by atomic mass is 19.4. The van der Waals surface area contributed by atoms with Gasteiger partial charge >= 0.3 is 18.1 Å². The number of carboxylic acid groups (broad SMARTS) is 2. The van der Waals surface area contributed by atoms with Crippen LogP contribution in [-0.2, 0) is 20.6 Å². The lowest BCUT2D eigenvalue weighted by Gasteiger charge is -2.33. The second-order valence-corrected chi connectivity index (χ2v) is 10.7. The molecule has 3 N–H and O–H groups in total. The number of benzene rings is 3. The van der Waals surface area contributed by atoms with Crippen molar-refractivity contribution in [1.29, 1.82) is 0 Å². The first-order valence-corrected chi connectivity index (χ1v) is 14.7. The van der Waals surface area contributed by atoms with Crippen molar-refractivity contribution < 1.29 is 51.7 Å². The van der Waals surface area contributed by atoms with Crippen LogP contribution in [0.25, 0.3) is 0 Å². The van der Waals surface area contributed by atoms with Crippen molar-refractivity contribution in [2.75, 3.05) is 36.4 Å². The summed E-state index contributed by atoms with van der Waals surface area (Å²) >= 11 is 0. The number of nitrogens with zero attached hydrogens (tertiary/aromatic N) is 2. The van der Waals surface area contributed by atoms with Crippen LogP contribution >= 0.6 is 0 Å². The van der Waals surface area contributed by atoms with Crippen LogP contribution in [0.1, 0.15) is 46.0 Å². The summed E-state index contributed by atoms with van der Waals surface area (Å²) in [5.74, 6) is -4.11. The van der Waals surface area contributed by atoms with Gasteiger partial charge in [-0.3, -0.25) is 14.4 Å². The number of Topliss-reactive ketones (excluding diaryl/α,β-unsaturated/α-hetero) is 1. The topological polar surface area (TPSA) is 144 Å². The summed E-state index contributed by atoms with van der Waals surface area (Å²) in [5, 5.41) is 18.2. The molecule has 0 bridgehead atoms. The Morgan fingerprint density at radius 3 is 1.92 bits per heavy atom. The summed E-state index contributed by atoms with van der Waals surface area (Å²) in [4.78, 5) is 59.9. The van der Waals surface area contributed by atoms with Crippen LogP contribution in [0.4, 0.5) is 28.9 Å². The molecule has 0 radical (unpaired) electrons. The maximum absolute atomic E-state index is 13.9. The Labute approximate surface area is 273 Å². The number of nitrogens with one attached hydrogen (secondary N) is 1. The number of likely N-dealkylation sites (tertiary alicyclic amines) is 1. The summed E-state index contributed by atoms with van der Waals surface area (Å²) in [6, 6.07) is 16.4. The highest BCUT2D eigenvalue weighted by Crippen LogP contribution is 2.37. The zero-order chi connectivity index (χ0) is 35.4. The molecule has 4 rings (SSSR count). The number of piperidine rings is 1. The van der Waals surface area contributed by atoms with Gasteiger partial charge in [0.25, 0.3) is 5.91 Å². The van der Waals surface area contributed by atoms with Crippen molar-refractivity contribution in [3.05, 3.63) is 107 Å². The molecule has 0 aromatic heterocycles. The Hall–Kier alpha value is -5.37. The van der Waals surface area contributed by atoms with Gasteiger partial charge in [-0.2, -0.15) is 13.2 Å². The van der Waals surface area contributed by atoms with Gasteiger partial charge in [0.15, 0.2) is 5.78 Å². The summed E-state index contributed by atoms with van der Waals surface area (Å²) in [5.41, 5.74) is -0.0712. The van der Waals surface area contributed by atoms with Gasteiger partial charge in [0.1, 0.15) is 5.82 Å². The van der Waals surface area contributed by atoms with E-state index in [0.717, 1.165) is 11.0 Å². The quantitative estimate of drug-likeness (QED) is 0.140. The number of carbonyl (C=O) groups is 5. The first kappa shape index (κ1) is 37.1. The van der Waals surface area contributed by atoms with E-state index in [1.165, 1.54) is 73.7 Å². The van der Waals surface area contributed by atoms with E-state index < -0.39 is 35.4 Å². The van der Waals surface area contributed by atoms with E-state index >= 15 is 0 Å². The Balaban J connectivity index is 0.000000694. The van der Waals surface area contributed by atoms with Crippen LogP contribution in [-0.4, -0.2) is 70.8 Å². The first-order chi connectivity index (χ1) is 22.6. The normalized spacial score (nSPS) is 13.7. The summed E-state index contributed by atoms with van der Waals surface area (Å²) in [6.45, 7) is 2.71. The Bertz CT molecular complexity index is 1620. The molecule has 254 valence electrons. The number of rotatable bonds is 10. The number of carbonyl (C=O) groups excluding carboxylic acids is 3. The molecular formula is C34H33F4N3O7. The van der Waals surface area contributed by atoms with E-state index in [4.69, 9.17) is 10.2 Å². The summed E-state index contributed by atoms with van der Waals surface area (Å²) in [6.07, 6.45) is -2.45. The highest BCUT2D eigenvalue weighted by molar-refractivity contribution is 6.07. The standard InChI is InChI=1S/C30H29F4N3O3.C4H4O4/c1-20(38)35-25-12-8-23(9-13-25)29(40)37(27-5-3-2-4-26(27)30(32,33)34)19-18-36-16-14-22(15-17-36)28(39)21-6-10-24(31)11-7-21;5-3(6)1-2-4(7)8/h2-13,22H,14-19H2,1H3,(H,35,38);1-2H,(H,5,6)(H,7,8)/b;2-1+. The van der Waals surface area contributed by atoms with Gasteiger partial charge in [0.05, 0.1) is 11.3 Å². The highest BCUT2D eigenvalue weighted by Gasteiger charge is 2.36. The Morgan fingerprint density at radius 1 is 0.854 bits per heavy atom. The zero-order valence-corrected chi connectivity index (χ0v) is 25.7. The summed E-state index contributed by atoms with van der Waals surface area (Å²) in [7, 11) is 0. The number of halogens is 4. The number of amides is 2. The van der Waals surface area contributed by atoms with Crippen molar-refractivity contribution in [2.24, 2.45) is 5.92 Å². The lowest BCUT2D eigenvalue weighted by molar-refractivity contribution is -0.137. The van der Waals surface area contributed by atoms with Crippen LogP contribution in [0.15, 0.2) is 84.9 Å². The van der Waals surface area contributed by atoms with Gasteiger partial charge in [0, 0.05) is 54.9 Å². The smallest absolute Gasteiger partial charge is 0.418 e. The maximum Gasteiger partial charge on any atom is 0.418 e. The third kappa shape index (κ3) is 11.2. The number of aliphatic carboxylic acids is 2. The molecule has 0 atom stereocenters. The molecule has 3 aromatic carbocycles. The number of hydrogen-bond donors (Lipinski definition) is 3. The van der Waals surface area contributed by atoms with E-state index in [2.05, 4.69) is 5.32 Å². The third-order valence-electron chi connectivity index (χ3n) is 7.29. The molecule has 0 spiro atoms. The van der Waals surface area contributed by atoms with Crippen LogP contribution in [0.3, 0.4) is 0 Å². The minimum atomic E-state index is -4.66. The van der Waals surface area contributed by atoms with Gasteiger partial charge in [-0.05, 0) is 86.6 Å².